The molecule has 0 saturated carbocycles. The van der Waals surface area contributed by atoms with E-state index in [9.17, 15) is 4.79 Å². The normalized spacial score (nSPS) is 10.0. The zero-order chi connectivity index (χ0) is 11.1. The summed E-state index contributed by atoms with van der Waals surface area (Å²) < 4.78 is 1.90. The molecule has 0 aliphatic heterocycles. The van der Waals surface area contributed by atoms with Gasteiger partial charge in [-0.3, -0.25) is 0 Å². The molecule has 15 heavy (non-hydrogen) atoms. The highest BCUT2D eigenvalue weighted by atomic mass is 16.2. The fraction of sp³-hybridized carbons (Fsp3) is 0.600. The van der Waals surface area contributed by atoms with Crippen LogP contribution in [-0.4, -0.2) is 28.7 Å². The lowest BCUT2D eigenvalue weighted by molar-refractivity contribution is 0.241. The number of hydrogen-bond donors (Lipinski definition) is 2. The molecule has 2 amide bonds. The van der Waals surface area contributed by atoms with Crippen molar-refractivity contribution < 1.29 is 4.79 Å². The molecule has 0 unspecified atom stereocenters. The third kappa shape index (κ3) is 4.49. The van der Waals surface area contributed by atoms with Gasteiger partial charge in [-0.05, 0) is 6.42 Å². The number of aryl methyl sites for hydroxylation is 1. The van der Waals surface area contributed by atoms with Gasteiger partial charge in [0.25, 0.3) is 0 Å². The van der Waals surface area contributed by atoms with E-state index in [1.807, 2.05) is 24.7 Å². The van der Waals surface area contributed by atoms with Gasteiger partial charge in [0, 0.05) is 32.8 Å². The number of amides is 2. The van der Waals surface area contributed by atoms with Crippen molar-refractivity contribution in [2.24, 2.45) is 7.05 Å². The van der Waals surface area contributed by atoms with Gasteiger partial charge in [0.05, 0.1) is 12.0 Å². The Morgan fingerprint density at radius 1 is 1.47 bits per heavy atom. The van der Waals surface area contributed by atoms with Crippen LogP contribution in [0.2, 0.25) is 0 Å². The van der Waals surface area contributed by atoms with Gasteiger partial charge >= 0.3 is 6.03 Å². The minimum absolute atomic E-state index is 0.104. The molecule has 0 bridgehead atoms. The molecule has 0 fully saturated rings. The average molecular weight is 210 g/mol. The molecule has 1 heterocycles. The fourth-order valence-corrected chi connectivity index (χ4v) is 1.20. The minimum atomic E-state index is -0.104. The Hall–Kier alpha value is -1.52. The molecule has 1 aromatic heterocycles. The van der Waals surface area contributed by atoms with Crippen molar-refractivity contribution in [2.75, 3.05) is 13.1 Å². The first-order valence-corrected chi connectivity index (χ1v) is 5.21. The van der Waals surface area contributed by atoms with Crippen molar-refractivity contribution in [3.63, 3.8) is 0 Å². The summed E-state index contributed by atoms with van der Waals surface area (Å²) in [7, 11) is 1.93. The Morgan fingerprint density at radius 2 is 2.20 bits per heavy atom. The molecule has 5 heteroatoms. The van der Waals surface area contributed by atoms with Gasteiger partial charge in [-0.1, -0.05) is 6.92 Å². The quantitative estimate of drug-likeness (QED) is 0.750. The van der Waals surface area contributed by atoms with E-state index in [0.717, 1.165) is 25.1 Å². The van der Waals surface area contributed by atoms with Gasteiger partial charge in [0.15, 0.2) is 0 Å². The van der Waals surface area contributed by atoms with E-state index in [1.54, 1.807) is 6.33 Å². The fourth-order valence-electron chi connectivity index (χ4n) is 1.20. The second-order valence-corrected chi connectivity index (χ2v) is 3.46. The van der Waals surface area contributed by atoms with E-state index in [0.29, 0.717) is 6.54 Å². The van der Waals surface area contributed by atoms with E-state index >= 15 is 0 Å². The third-order valence-electron chi connectivity index (χ3n) is 1.96. The van der Waals surface area contributed by atoms with Crippen molar-refractivity contribution in [3.8, 4) is 0 Å². The molecular formula is C10H18N4O. The topological polar surface area (TPSA) is 59.0 Å². The summed E-state index contributed by atoms with van der Waals surface area (Å²) >= 11 is 0. The maximum absolute atomic E-state index is 11.1. The molecule has 0 spiro atoms. The lowest BCUT2D eigenvalue weighted by Gasteiger charge is -2.04. The standard InChI is InChI=1S/C10H18N4O/c1-3-5-11-10(15)12-6-4-9-7-14(2)8-13-9/h7-8H,3-6H2,1-2H3,(H2,11,12,15). The van der Waals surface area contributed by atoms with Gasteiger partial charge in [-0.2, -0.15) is 0 Å². The number of aromatic nitrogens is 2. The van der Waals surface area contributed by atoms with Crippen molar-refractivity contribution in [1.82, 2.24) is 20.2 Å². The summed E-state index contributed by atoms with van der Waals surface area (Å²) in [5.41, 5.74) is 0.994. The number of urea groups is 1. The van der Waals surface area contributed by atoms with Crippen molar-refractivity contribution >= 4 is 6.03 Å². The van der Waals surface area contributed by atoms with Crippen LogP contribution in [0.4, 0.5) is 4.79 Å². The smallest absolute Gasteiger partial charge is 0.314 e. The first-order valence-electron chi connectivity index (χ1n) is 5.21. The number of nitrogens with one attached hydrogen (secondary N) is 2. The van der Waals surface area contributed by atoms with Gasteiger partial charge in [0.2, 0.25) is 0 Å². The molecule has 2 N–H and O–H groups in total. The zero-order valence-electron chi connectivity index (χ0n) is 9.29. The summed E-state index contributed by atoms with van der Waals surface area (Å²) in [5.74, 6) is 0. The van der Waals surface area contributed by atoms with Crippen LogP contribution in [0.1, 0.15) is 19.0 Å². The summed E-state index contributed by atoms with van der Waals surface area (Å²) in [5, 5.41) is 5.52. The van der Waals surface area contributed by atoms with Crippen molar-refractivity contribution in [3.05, 3.63) is 18.2 Å². The molecule has 0 aliphatic carbocycles. The van der Waals surface area contributed by atoms with E-state index in [4.69, 9.17) is 0 Å². The number of carbonyl (C=O) groups excluding carboxylic acids is 1. The van der Waals surface area contributed by atoms with Gasteiger partial charge in [-0.25, -0.2) is 9.78 Å². The minimum Gasteiger partial charge on any atom is -0.340 e. The molecule has 0 atom stereocenters. The van der Waals surface area contributed by atoms with Crippen LogP contribution in [0.15, 0.2) is 12.5 Å². The van der Waals surface area contributed by atoms with E-state index < -0.39 is 0 Å². The highest BCUT2D eigenvalue weighted by molar-refractivity contribution is 5.73. The number of imidazole rings is 1. The van der Waals surface area contributed by atoms with Gasteiger partial charge < -0.3 is 15.2 Å². The van der Waals surface area contributed by atoms with Crippen molar-refractivity contribution in [2.45, 2.75) is 19.8 Å². The number of rotatable bonds is 5. The third-order valence-corrected chi connectivity index (χ3v) is 1.96. The maximum atomic E-state index is 11.1. The molecule has 0 saturated heterocycles. The van der Waals surface area contributed by atoms with Crippen LogP contribution in [0.5, 0.6) is 0 Å². The SMILES string of the molecule is CCCNC(=O)NCCc1cn(C)cn1. The molecule has 0 aromatic carbocycles. The first kappa shape index (κ1) is 11.6. The zero-order valence-corrected chi connectivity index (χ0v) is 9.29. The number of nitrogens with zero attached hydrogens (tertiary/aromatic N) is 2. The maximum Gasteiger partial charge on any atom is 0.314 e. The van der Waals surface area contributed by atoms with Gasteiger partial charge in [-0.15, -0.1) is 0 Å². The Bertz CT molecular complexity index is 308. The molecule has 84 valence electrons. The molecule has 0 aliphatic rings. The van der Waals surface area contributed by atoms with E-state index in [2.05, 4.69) is 15.6 Å². The predicted molar refractivity (Wildman–Crippen MR) is 58.6 cm³/mol. The van der Waals surface area contributed by atoms with Crippen LogP contribution in [0, 0.1) is 0 Å². The van der Waals surface area contributed by atoms with E-state index in [1.165, 1.54) is 0 Å². The first-order chi connectivity index (χ1) is 7.22. The van der Waals surface area contributed by atoms with Crippen LogP contribution in [0.3, 0.4) is 0 Å². The van der Waals surface area contributed by atoms with Crippen LogP contribution in [0.25, 0.3) is 0 Å². The second kappa shape index (κ2) is 6.06. The van der Waals surface area contributed by atoms with Gasteiger partial charge in [0.1, 0.15) is 0 Å². The molecule has 0 radical (unpaired) electrons. The number of hydrogen-bond acceptors (Lipinski definition) is 2. The highest BCUT2D eigenvalue weighted by Crippen LogP contribution is 1.93. The summed E-state index contributed by atoms with van der Waals surface area (Å²) in [4.78, 5) is 15.3. The Kier molecular flexibility index (Phi) is 4.66. The Labute approximate surface area is 89.9 Å². The monoisotopic (exact) mass is 210 g/mol. The molecule has 1 rings (SSSR count). The highest BCUT2D eigenvalue weighted by Gasteiger charge is 1.99. The van der Waals surface area contributed by atoms with E-state index in [-0.39, 0.29) is 6.03 Å². The molecule has 5 nitrogen and oxygen atoms in total. The largest absolute Gasteiger partial charge is 0.340 e. The van der Waals surface area contributed by atoms with Crippen LogP contribution in [-0.2, 0) is 13.5 Å². The number of carbonyl (C=O) groups is 1. The average Bonchev–Trinajstić information content (AvgIpc) is 2.61. The summed E-state index contributed by atoms with van der Waals surface area (Å²) in [6.45, 7) is 3.36. The Morgan fingerprint density at radius 3 is 2.80 bits per heavy atom. The summed E-state index contributed by atoms with van der Waals surface area (Å²) in [6, 6.07) is -0.104. The summed E-state index contributed by atoms with van der Waals surface area (Å²) in [6.07, 6.45) is 5.42. The van der Waals surface area contributed by atoms with Crippen LogP contribution < -0.4 is 10.6 Å². The molecular weight excluding hydrogens is 192 g/mol. The lowest BCUT2D eigenvalue weighted by Crippen LogP contribution is -2.36. The lowest BCUT2D eigenvalue weighted by atomic mass is 10.3. The van der Waals surface area contributed by atoms with Crippen LogP contribution >= 0.6 is 0 Å². The molecule has 1 aromatic rings. The second-order valence-electron chi connectivity index (χ2n) is 3.46. The predicted octanol–water partition coefficient (Wildman–Crippen LogP) is 0.672. The van der Waals surface area contributed by atoms with Crippen molar-refractivity contribution in [1.29, 1.82) is 0 Å². The Balaban J connectivity index is 2.13.